The van der Waals surface area contributed by atoms with Crippen LogP contribution in [-0.2, 0) is 18.3 Å². The van der Waals surface area contributed by atoms with E-state index in [1.165, 1.54) is 0 Å². The van der Waals surface area contributed by atoms with Crippen LogP contribution in [0.3, 0.4) is 0 Å². The number of nitrogen functional groups attached to an aromatic ring is 1. The van der Waals surface area contributed by atoms with Crippen LogP contribution < -0.4 is 5.73 Å². The number of carbonyl (C=O) groups is 1. The number of nitrogens with two attached hydrogens (primary N) is 1. The van der Waals surface area contributed by atoms with Crippen molar-refractivity contribution < 1.29 is 9.53 Å². The van der Waals surface area contributed by atoms with Crippen molar-refractivity contribution in [2.24, 2.45) is 7.05 Å². The first-order valence-electron chi connectivity index (χ1n) is 6.21. The van der Waals surface area contributed by atoms with E-state index in [2.05, 4.69) is 5.10 Å². The van der Waals surface area contributed by atoms with Crippen LogP contribution in [0.15, 0.2) is 23.7 Å². The van der Waals surface area contributed by atoms with E-state index in [-0.39, 0.29) is 5.91 Å². The molecule has 1 amide bonds. The third-order valence-corrected chi connectivity index (χ3v) is 3.70. The first-order chi connectivity index (χ1) is 9.61. The van der Waals surface area contributed by atoms with Crippen LogP contribution in [0, 0.1) is 0 Å². The molecule has 0 aliphatic rings. The molecule has 2 aromatic rings. The fourth-order valence-corrected chi connectivity index (χ4v) is 2.59. The van der Waals surface area contributed by atoms with Gasteiger partial charge in [-0.15, -0.1) is 11.3 Å². The van der Waals surface area contributed by atoms with Gasteiger partial charge in [-0.25, -0.2) is 0 Å². The normalized spacial score (nSPS) is 10.7. The fraction of sp³-hybridized carbons (Fsp3) is 0.385. The van der Waals surface area contributed by atoms with Gasteiger partial charge >= 0.3 is 0 Å². The van der Waals surface area contributed by atoms with E-state index in [1.54, 1.807) is 41.3 Å². The molecule has 7 heteroatoms. The molecule has 108 valence electrons. The summed E-state index contributed by atoms with van der Waals surface area (Å²) in [5.41, 5.74) is 6.51. The molecular formula is C13H18N4O2S. The highest BCUT2D eigenvalue weighted by Gasteiger charge is 2.21. The van der Waals surface area contributed by atoms with E-state index in [1.807, 2.05) is 17.5 Å². The van der Waals surface area contributed by atoms with Crippen molar-refractivity contribution in [2.75, 3.05) is 26.0 Å². The topological polar surface area (TPSA) is 73.4 Å². The number of hydrogen-bond donors (Lipinski definition) is 1. The van der Waals surface area contributed by atoms with E-state index in [4.69, 9.17) is 10.5 Å². The van der Waals surface area contributed by atoms with E-state index in [9.17, 15) is 4.79 Å². The van der Waals surface area contributed by atoms with Crippen molar-refractivity contribution in [3.8, 4) is 0 Å². The molecule has 0 fully saturated rings. The molecule has 0 unspecified atom stereocenters. The molecular weight excluding hydrogens is 276 g/mol. The van der Waals surface area contributed by atoms with Gasteiger partial charge in [0.15, 0.2) is 5.69 Å². The van der Waals surface area contributed by atoms with Crippen LogP contribution in [0.25, 0.3) is 0 Å². The molecule has 0 spiro atoms. The SMILES string of the molecule is COCCN(Cc1cccs1)C(=O)c1nn(C)cc1N. The van der Waals surface area contributed by atoms with Crippen molar-refractivity contribution >= 4 is 22.9 Å². The molecule has 0 saturated carbocycles. The van der Waals surface area contributed by atoms with E-state index < -0.39 is 0 Å². The Morgan fingerprint density at radius 1 is 1.60 bits per heavy atom. The summed E-state index contributed by atoms with van der Waals surface area (Å²) in [5.74, 6) is -0.173. The van der Waals surface area contributed by atoms with Crippen LogP contribution >= 0.6 is 11.3 Å². The second-order valence-electron chi connectivity index (χ2n) is 4.41. The molecule has 2 rings (SSSR count). The van der Waals surface area contributed by atoms with Gasteiger partial charge < -0.3 is 15.4 Å². The monoisotopic (exact) mass is 294 g/mol. The zero-order chi connectivity index (χ0) is 14.5. The maximum absolute atomic E-state index is 12.5. The minimum Gasteiger partial charge on any atom is -0.396 e. The Hall–Kier alpha value is -1.86. The Labute approximate surface area is 121 Å². The van der Waals surface area contributed by atoms with Crippen molar-refractivity contribution in [1.29, 1.82) is 0 Å². The van der Waals surface area contributed by atoms with Crippen molar-refractivity contribution in [3.05, 3.63) is 34.3 Å². The Kier molecular flexibility index (Phi) is 4.75. The molecule has 0 radical (unpaired) electrons. The minimum absolute atomic E-state index is 0.173. The van der Waals surface area contributed by atoms with Crippen molar-refractivity contribution in [2.45, 2.75) is 6.54 Å². The third-order valence-electron chi connectivity index (χ3n) is 2.84. The smallest absolute Gasteiger partial charge is 0.276 e. The van der Waals surface area contributed by atoms with Crippen LogP contribution in [0.1, 0.15) is 15.4 Å². The molecule has 6 nitrogen and oxygen atoms in total. The molecule has 20 heavy (non-hydrogen) atoms. The lowest BCUT2D eigenvalue weighted by Gasteiger charge is -2.21. The molecule has 0 aliphatic heterocycles. The lowest BCUT2D eigenvalue weighted by molar-refractivity contribution is 0.0677. The highest BCUT2D eigenvalue weighted by molar-refractivity contribution is 7.09. The summed E-state index contributed by atoms with van der Waals surface area (Å²) < 4.78 is 6.61. The number of anilines is 1. The number of amides is 1. The average molecular weight is 294 g/mol. The summed E-state index contributed by atoms with van der Waals surface area (Å²) in [6.45, 7) is 1.52. The highest BCUT2D eigenvalue weighted by Crippen LogP contribution is 2.16. The summed E-state index contributed by atoms with van der Waals surface area (Å²) in [6.07, 6.45) is 1.63. The number of rotatable bonds is 6. The average Bonchev–Trinajstić information content (AvgIpc) is 3.03. The number of thiophene rings is 1. The number of nitrogens with zero attached hydrogens (tertiary/aromatic N) is 3. The Bertz CT molecular complexity index is 565. The highest BCUT2D eigenvalue weighted by atomic mass is 32.1. The summed E-state index contributed by atoms with van der Waals surface area (Å²) >= 11 is 1.62. The molecule has 0 aromatic carbocycles. The zero-order valence-electron chi connectivity index (χ0n) is 11.6. The van der Waals surface area contributed by atoms with Gasteiger partial charge in [0.05, 0.1) is 18.8 Å². The van der Waals surface area contributed by atoms with Gasteiger partial charge in [-0.3, -0.25) is 9.48 Å². The second kappa shape index (κ2) is 6.53. The van der Waals surface area contributed by atoms with Gasteiger partial charge in [0.2, 0.25) is 0 Å². The van der Waals surface area contributed by atoms with E-state index in [0.29, 0.717) is 31.1 Å². The molecule has 0 aliphatic carbocycles. The number of methoxy groups -OCH3 is 1. The fourth-order valence-electron chi connectivity index (χ4n) is 1.87. The minimum atomic E-state index is -0.173. The molecule has 2 N–H and O–H groups in total. The number of aryl methyl sites for hydroxylation is 1. The Morgan fingerprint density at radius 2 is 2.40 bits per heavy atom. The predicted octanol–water partition coefficient (Wildman–Crippen LogP) is 1.35. The summed E-state index contributed by atoms with van der Waals surface area (Å²) in [5, 5.41) is 6.12. The molecule has 0 atom stereocenters. The summed E-state index contributed by atoms with van der Waals surface area (Å²) in [6, 6.07) is 3.97. The van der Waals surface area contributed by atoms with E-state index >= 15 is 0 Å². The van der Waals surface area contributed by atoms with Gasteiger partial charge in [-0.05, 0) is 11.4 Å². The van der Waals surface area contributed by atoms with Crippen LogP contribution in [0.2, 0.25) is 0 Å². The molecule has 0 saturated heterocycles. The van der Waals surface area contributed by atoms with Gasteiger partial charge in [0.25, 0.3) is 5.91 Å². The maximum Gasteiger partial charge on any atom is 0.276 e. The lowest BCUT2D eigenvalue weighted by atomic mass is 10.3. The zero-order valence-corrected chi connectivity index (χ0v) is 12.4. The summed E-state index contributed by atoms with van der Waals surface area (Å²) in [7, 11) is 3.36. The number of aromatic nitrogens is 2. The van der Waals surface area contributed by atoms with Crippen LogP contribution in [0.5, 0.6) is 0 Å². The number of hydrogen-bond acceptors (Lipinski definition) is 5. The van der Waals surface area contributed by atoms with Crippen LogP contribution in [0.4, 0.5) is 5.69 Å². The molecule has 2 aromatic heterocycles. The van der Waals surface area contributed by atoms with Gasteiger partial charge in [0.1, 0.15) is 0 Å². The first-order valence-corrected chi connectivity index (χ1v) is 7.09. The number of carbonyl (C=O) groups excluding carboxylic acids is 1. The second-order valence-corrected chi connectivity index (χ2v) is 5.44. The summed E-state index contributed by atoms with van der Waals surface area (Å²) in [4.78, 5) is 15.3. The van der Waals surface area contributed by atoms with E-state index in [0.717, 1.165) is 4.88 Å². The standard InChI is InChI=1S/C13H18N4O2S/c1-16-9-11(14)12(15-16)13(18)17(5-6-19-2)8-10-4-3-7-20-10/h3-4,7,9H,5-6,8,14H2,1-2H3. The molecule has 2 heterocycles. The Balaban J connectivity index is 2.17. The predicted molar refractivity (Wildman–Crippen MR) is 78.6 cm³/mol. The van der Waals surface area contributed by atoms with Crippen molar-refractivity contribution in [1.82, 2.24) is 14.7 Å². The van der Waals surface area contributed by atoms with Gasteiger partial charge in [-0.1, -0.05) is 6.07 Å². The maximum atomic E-state index is 12.5. The van der Waals surface area contributed by atoms with Crippen molar-refractivity contribution in [3.63, 3.8) is 0 Å². The molecule has 0 bridgehead atoms. The first kappa shape index (κ1) is 14.5. The van der Waals surface area contributed by atoms with Crippen LogP contribution in [-0.4, -0.2) is 40.8 Å². The van der Waals surface area contributed by atoms with Gasteiger partial charge in [-0.2, -0.15) is 5.10 Å². The largest absolute Gasteiger partial charge is 0.396 e. The quantitative estimate of drug-likeness (QED) is 0.873. The third kappa shape index (κ3) is 3.37. The van der Waals surface area contributed by atoms with Gasteiger partial charge in [0, 0.05) is 31.8 Å². The Morgan fingerprint density at radius 3 is 2.95 bits per heavy atom. The lowest BCUT2D eigenvalue weighted by Crippen LogP contribution is -2.34. The number of ether oxygens (including phenoxy) is 1.